The summed E-state index contributed by atoms with van der Waals surface area (Å²) in [7, 11) is 1.60. The Balaban J connectivity index is 1.54. The summed E-state index contributed by atoms with van der Waals surface area (Å²) in [4.78, 5) is 24.3. The standard InChI is InChI=1S/C20H18N4O2S/c1-12(26-2)13-6-7-17-22-14(9-23(17)8-13)10-24-11-21-19-18(20(24)25)15-4-3-5-16(15)27-19/h6-9,11H,1,3-5,10H2,2H3. The summed E-state index contributed by atoms with van der Waals surface area (Å²) in [6.07, 6.45) is 8.67. The highest BCUT2D eigenvalue weighted by Crippen LogP contribution is 2.34. The van der Waals surface area contributed by atoms with Crippen LogP contribution in [0.3, 0.4) is 0 Å². The van der Waals surface area contributed by atoms with Gasteiger partial charge in [0.15, 0.2) is 0 Å². The van der Waals surface area contributed by atoms with Crippen molar-refractivity contribution in [2.24, 2.45) is 0 Å². The molecule has 0 aromatic carbocycles. The van der Waals surface area contributed by atoms with E-state index in [0.29, 0.717) is 12.3 Å². The number of aryl methyl sites for hydroxylation is 2. The van der Waals surface area contributed by atoms with Crippen molar-refractivity contribution in [2.75, 3.05) is 7.11 Å². The van der Waals surface area contributed by atoms with Gasteiger partial charge in [0.1, 0.15) is 16.2 Å². The number of imidazole rings is 1. The molecule has 0 amide bonds. The van der Waals surface area contributed by atoms with Gasteiger partial charge in [0.25, 0.3) is 5.56 Å². The van der Waals surface area contributed by atoms with Crippen molar-refractivity contribution in [3.05, 3.63) is 69.5 Å². The van der Waals surface area contributed by atoms with Gasteiger partial charge in [0.2, 0.25) is 0 Å². The molecule has 0 spiro atoms. The molecule has 0 bridgehead atoms. The van der Waals surface area contributed by atoms with E-state index in [9.17, 15) is 4.79 Å². The van der Waals surface area contributed by atoms with Gasteiger partial charge in [-0.15, -0.1) is 11.3 Å². The second kappa shape index (κ2) is 6.06. The van der Waals surface area contributed by atoms with Crippen LogP contribution in [-0.2, 0) is 24.1 Å². The molecule has 1 aliphatic rings. The van der Waals surface area contributed by atoms with Crippen LogP contribution < -0.4 is 5.56 Å². The molecule has 5 rings (SSSR count). The molecule has 6 nitrogen and oxygen atoms in total. The zero-order valence-electron chi connectivity index (χ0n) is 14.9. The molecule has 0 N–H and O–H groups in total. The third kappa shape index (κ3) is 2.57. The number of thiophene rings is 1. The third-order valence-electron chi connectivity index (χ3n) is 5.09. The lowest BCUT2D eigenvalue weighted by atomic mass is 10.2. The summed E-state index contributed by atoms with van der Waals surface area (Å²) in [5, 5.41) is 0.803. The van der Waals surface area contributed by atoms with E-state index in [1.165, 1.54) is 10.4 Å². The van der Waals surface area contributed by atoms with Crippen LogP contribution in [0.1, 0.15) is 28.1 Å². The van der Waals surface area contributed by atoms with Crippen LogP contribution in [0, 0.1) is 0 Å². The number of aromatic nitrogens is 4. The monoisotopic (exact) mass is 378 g/mol. The Kier molecular flexibility index (Phi) is 3.65. The van der Waals surface area contributed by atoms with E-state index in [1.54, 1.807) is 29.3 Å². The lowest BCUT2D eigenvalue weighted by molar-refractivity contribution is 0.371. The van der Waals surface area contributed by atoms with Crippen LogP contribution in [0.25, 0.3) is 21.6 Å². The van der Waals surface area contributed by atoms with Crippen molar-refractivity contribution >= 4 is 33.0 Å². The average Bonchev–Trinajstić information content (AvgIpc) is 3.36. The van der Waals surface area contributed by atoms with Crippen molar-refractivity contribution < 1.29 is 4.74 Å². The van der Waals surface area contributed by atoms with Crippen LogP contribution in [0.4, 0.5) is 0 Å². The highest BCUT2D eigenvalue weighted by Gasteiger charge is 2.21. The largest absolute Gasteiger partial charge is 0.497 e. The van der Waals surface area contributed by atoms with Gasteiger partial charge in [0.05, 0.1) is 31.1 Å². The lowest BCUT2D eigenvalue weighted by Crippen LogP contribution is -2.21. The Hall–Kier alpha value is -2.93. The molecule has 0 aliphatic heterocycles. The fourth-order valence-electron chi connectivity index (χ4n) is 3.71. The van der Waals surface area contributed by atoms with Crippen LogP contribution in [0.5, 0.6) is 0 Å². The first-order chi connectivity index (χ1) is 13.1. The van der Waals surface area contributed by atoms with Gasteiger partial charge in [-0.3, -0.25) is 9.36 Å². The summed E-state index contributed by atoms with van der Waals surface area (Å²) in [5.41, 5.74) is 3.76. The second-order valence-electron chi connectivity index (χ2n) is 6.76. The minimum absolute atomic E-state index is 0.0323. The summed E-state index contributed by atoms with van der Waals surface area (Å²) in [6, 6.07) is 3.84. The van der Waals surface area contributed by atoms with E-state index in [-0.39, 0.29) is 5.56 Å². The Morgan fingerprint density at radius 3 is 3.07 bits per heavy atom. The predicted octanol–water partition coefficient (Wildman–Crippen LogP) is 3.26. The molecule has 0 saturated heterocycles. The van der Waals surface area contributed by atoms with Crippen LogP contribution >= 0.6 is 11.3 Å². The quantitative estimate of drug-likeness (QED) is 0.512. The lowest BCUT2D eigenvalue weighted by Gasteiger charge is -2.04. The summed E-state index contributed by atoms with van der Waals surface area (Å²) in [6.45, 7) is 4.28. The number of nitrogens with zero attached hydrogens (tertiary/aromatic N) is 4. The topological polar surface area (TPSA) is 61.4 Å². The fourth-order valence-corrected chi connectivity index (χ4v) is 4.93. The normalized spacial score (nSPS) is 13.4. The first-order valence-electron chi connectivity index (χ1n) is 8.84. The van der Waals surface area contributed by atoms with Crippen molar-refractivity contribution in [3.63, 3.8) is 0 Å². The minimum Gasteiger partial charge on any atom is -0.497 e. The second-order valence-corrected chi connectivity index (χ2v) is 7.84. The highest BCUT2D eigenvalue weighted by molar-refractivity contribution is 7.18. The fraction of sp³-hybridized carbons (Fsp3) is 0.250. The van der Waals surface area contributed by atoms with Gasteiger partial charge < -0.3 is 9.14 Å². The highest BCUT2D eigenvalue weighted by atomic mass is 32.1. The molecule has 0 saturated carbocycles. The third-order valence-corrected chi connectivity index (χ3v) is 6.29. The van der Waals surface area contributed by atoms with Gasteiger partial charge in [0, 0.05) is 22.8 Å². The number of methoxy groups -OCH3 is 1. The maximum atomic E-state index is 13.0. The Bertz CT molecular complexity index is 1260. The zero-order valence-corrected chi connectivity index (χ0v) is 15.8. The number of pyridine rings is 1. The molecule has 4 heterocycles. The molecule has 0 unspecified atom stereocenters. The van der Waals surface area contributed by atoms with Crippen molar-refractivity contribution in [1.29, 1.82) is 0 Å². The van der Waals surface area contributed by atoms with Gasteiger partial charge in [-0.2, -0.15) is 0 Å². The average molecular weight is 378 g/mol. The van der Waals surface area contributed by atoms with Gasteiger partial charge in [-0.25, -0.2) is 9.97 Å². The molecule has 0 fully saturated rings. The van der Waals surface area contributed by atoms with E-state index in [1.807, 2.05) is 28.9 Å². The number of ether oxygens (including phenoxy) is 1. The first kappa shape index (κ1) is 16.3. The first-order valence-corrected chi connectivity index (χ1v) is 9.66. The molecule has 1 aliphatic carbocycles. The molecule has 0 radical (unpaired) electrons. The van der Waals surface area contributed by atoms with Gasteiger partial charge in [-0.1, -0.05) is 6.58 Å². The van der Waals surface area contributed by atoms with E-state index in [4.69, 9.17) is 4.74 Å². The van der Waals surface area contributed by atoms with E-state index in [2.05, 4.69) is 16.5 Å². The van der Waals surface area contributed by atoms with Crippen LogP contribution in [0.2, 0.25) is 0 Å². The van der Waals surface area contributed by atoms with E-state index in [0.717, 1.165) is 46.4 Å². The van der Waals surface area contributed by atoms with Gasteiger partial charge in [-0.05, 0) is 37.0 Å². The number of rotatable bonds is 4. The molecule has 4 aromatic rings. The van der Waals surface area contributed by atoms with Crippen LogP contribution in [0.15, 0.2) is 42.2 Å². The molecule has 4 aromatic heterocycles. The van der Waals surface area contributed by atoms with Crippen LogP contribution in [-0.4, -0.2) is 26.0 Å². The number of fused-ring (bicyclic) bond motifs is 4. The van der Waals surface area contributed by atoms with E-state index < -0.39 is 0 Å². The molecular weight excluding hydrogens is 360 g/mol. The van der Waals surface area contributed by atoms with Crippen molar-refractivity contribution in [2.45, 2.75) is 25.8 Å². The minimum atomic E-state index is 0.0323. The number of hydrogen-bond donors (Lipinski definition) is 0. The summed E-state index contributed by atoms with van der Waals surface area (Å²) in [5.74, 6) is 0.601. The Morgan fingerprint density at radius 1 is 1.33 bits per heavy atom. The Morgan fingerprint density at radius 2 is 2.22 bits per heavy atom. The molecular formula is C20H18N4O2S. The van der Waals surface area contributed by atoms with Crippen molar-refractivity contribution in [1.82, 2.24) is 18.9 Å². The molecule has 136 valence electrons. The molecule has 7 heteroatoms. The molecule has 0 atom stereocenters. The SMILES string of the molecule is C=C(OC)c1ccc2nc(Cn3cnc4sc5c(c4c3=O)CCC5)cn2c1. The Labute approximate surface area is 159 Å². The maximum Gasteiger partial charge on any atom is 0.262 e. The summed E-state index contributed by atoms with van der Waals surface area (Å²) < 4.78 is 8.77. The van der Waals surface area contributed by atoms with Gasteiger partial charge >= 0.3 is 0 Å². The van der Waals surface area contributed by atoms with E-state index >= 15 is 0 Å². The van der Waals surface area contributed by atoms with Crippen molar-refractivity contribution in [3.8, 4) is 0 Å². The molecule has 27 heavy (non-hydrogen) atoms. The number of hydrogen-bond acceptors (Lipinski definition) is 5. The summed E-state index contributed by atoms with van der Waals surface area (Å²) >= 11 is 1.66. The maximum absolute atomic E-state index is 13.0. The zero-order chi connectivity index (χ0) is 18.5. The smallest absolute Gasteiger partial charge is 0.262 e. The predicted molar refractivity (Wildman–Crippen MR) is 106 cm³/mol.